The van der Waals surface area contributed by atoms with Crippen molar-refractivity contribution >= 4 is 5.97 Å². The minimum absolute atomic E-state index is 0.514. The standard InChI is InChI=1S/C9H6F5NO3/c1-18-3-2-15-6(7(10)11)5(9(12,13)14)4(3)8(16)17/h2,7H,1H3,(H,16,17). The van der Waals surface area contributed by atoms with Crippen molar-refractivity contribution in [2.45, 2.75) is 12.6 Å². The monoisotopic (exact) mass is 271 g/mol. The number of carboxylic acids is 1. The number of methoxy groups -OCH3 is 1. The van der Waals surface area contributed by atoms with Crippen LogP contribution in [0.4, 0.5) is 22.0 Å². The van der Waals surface area contributed by atoms with Gasteiger partial charge in [0.1, 0.15) is 16.8 Å². The van der Waals surface area contributed by atoms with E-state index in [1.54, 1.807) is 0 Å². The van der Waals surface area contributed by atoms with Gasteiger partial charge < -0.3 is 9.84 Å². The summed E-state index contributed by atoms with van der Waals surface area (Å²) in [6.45, 7) is 0. The normalized spacial score (nSPS) is 11.7. The molecule has 1 aromatic heterocycles. The van der Waals surface area contributed by atoms with Crippen LogP contribution in [0.15, 0.2) is 6.20 Å². The fourth-order valence-corrected chi connectivity index (χ4v) is 1.33. The average Bonchev–Trinajstić information content (AvgIpc) is 2.25. The van der Waals surface area contributed by atoms with Crippen LogP contribution >= 0.6 is 0 Å². The Morgan fingerprint density at radius 3 is 2.33 bits per heavy atom. The molecule has 1 heterocycles. The highest BCUT2D eigenvalue weighted by molar-refractivity contribution is 5.93. The van der Waals surface area contributed by atoms with Crippen LogP contribution in [0.5, 0.6) is 5.75 Å². The number of halogens is 5. The highest BCUT2D eigenvalue weighted by atomic mass is 19.4. The molecule has 0 aliphatic rings. The van der Waals surface area contributed by atoms with E-state index in [4.69, 9.17) is 5.11 Å². The predicted octanol–water partition coefficient (Wildman–Crippen LogP) is 2.74. The van der Waals surface area contributed by atoms with Crippen molar-refractivity contribution in [2.24, 2.45) is 0 Å². The third-order valence-corrected chi connectivity index (χ3v) is 2.00. The van der Waals surface area contributed by atoms with E-state index in [1.807, 2.05) is 0 Å². The van der Waals surface area contributed by atoms with E-state index in [-0.39, 0.29) is 0 Å². The van der Waals surface area contributed by atoms with Crippen LogP contribution in [0.25, 0.3) is 0 Å². The third kappa shape index (κ3) is 2.49. The van der Waals surface area contributed by atoms with Gasteiger partial charge in [-0.05, 0) is 0 Å². The van der Waals surface area contributed by atoms with Gasteiger partial charge in [-0.1, -0.05) is 0 Å². The zero-order valence-corrected chi connectivity index (χ0v) is 8.76. The van der Waals surface area contributed by atoms with Crippen LogP contribution < -0.4 is 4.74 Å². The summed E-state index contributed by atoms with van der Waals surface area (Å²) in [5.41, 5.74) is -5.01. The highest BCUT2D eigenvalue weighted by Crippen LogP contribution is 2.40. The molecule has 0 amide bonds. The minimum Gasteiger partial charge on any atom is -0.494 e. The van der Waals surface area contributed by atoms with Crippen LogP contribution in [0.3, 0.4) is 0 Å². The summed E-state index contributed by atoms with van der Waals surface area (Å²) in [6, 6.07) is 0. The number of hydrogen-bond acceptors (Lipinski definition) is 3. The molecule has 0 saturated carbocycles. The molecule has 0 atom stereocenters. The first-order valence-electron chi connectivity index (χ1n) is 4.35. The minimum atomic E-state index is -5.28. The number of alkyl halides is 5. The molecule has 0 fully saturated rings. The molecule has 0 aliphatic carbocycles. The quantitative estimate of drug-likeness (QED) is 0.859. The van der Waals surface area contributed by atoms with Crippen molar-refractivity contribution in [3.05, 3.63) is 23.0 Å². The molecule has 0 aromatic carbocycles. The summed E-state index contributed by atoms with van der Waals surface area (Å²) >= 11 is 0. The van der Waals surface area contributed by atoms with Crippen molar-refractivity contribution in [3.63, 3.8) is 0 Å². The van der Waals surface area contributed by atoms with Gasteiger partial charge >= 0.3 is 12.1 Å². The zero-order chi connectivity index (χ0) is 14.1. The van der Waals surface area contributed by atoms with E-state index >= 15 is 0 Å². The van der Waals surface area contributed by atoms with Gasteiger partial charge in [-0.25, -0.2) is 13.6 Å². The van der Waals surface area contributed by atoms with Crippen LogP contribution in [-0.2, 0) is 6.18 Å². The van der Waals surface area contributed by atoms with E-state index in [0.29, 0.717) is 6.20 Å². The van der Waals surface area contributed by atoms with Crippen molar-refractivity contribution in [3.8, 4) is 5.75 Å². The lowest BCUT2D eigenvalue weighted by atomic mass is 10.0. The molecule has 0 saturated heterocycles. The predicted molar refractivity (Wildman–Crippen MR) is 47.7 cm³/mol. The first-order valence-corrected chi connectivity index (χ1v) is 4.35. The first-order chi connectivity index (χ1) is 8.20. The molecule has 0 radical (unpaired) electrons. The Morgan fingerprint density at radius 2 is 2.00 bits per heavy atom. The maximum absolute atomic E-state index is 12.7. The molecule has 0 bridgehead atoms. The molecule has 0 unspecified atom stereocenters. The van der Waals surface area contributed by atoms with E-state index in [1.165, 1.54) is 0 Å². The lowest BCUT2D eigenvalue weighted by molar-refractivity contribution is -0.140. The molecule has 0 spiro atoms. The maximum atomic E-state index is 12.7. The number of ether oxygens (including phenoxy) is 1. The molecule has 100 valence electrons. The molecule has 1 aromatic rings. The molecule has 0 aliphatic heterocycles. The van der Waals surface area contributed by atoms with Gasteiger partial charge in [0, 0.05) is 0 Å². The van der Waals surface area contributed by atoms with Gasteiger partial charge in [0.2, 0.25) is 0 Å². The van der Waals surface area contributed by atoms with E-state index in [9.17, 15) is 26.7 Å². The Balaban J connectivity index is 3.71. The average molecular weight is 271 g/mol. The summed E-state index contributed by atoms with van der Waals surface area (Å²) in [6.07, 6.45) is -8.31. The number of aromatic nitrogens is 1. The first kappa shape index (κ1) is 14.1. The topological polar surface area (TPSA) is 59.4 Å². The molecule has 4 nitrogen and oxygen atoms in total. The Labute approximate surface area is 97.0 Å². The lowest BCUT2D eigenvalue weighted by Crippen LogP contribution is -2.19. The van der Waals surface area contributed by atoms with Gasteiger partial charge in [0.25, 0.3) is 6.43 Å². The summed E-state index contributed by atoms with van der Waals surface area (Å²) in [5.74, 6) is -2.76. The van der Waals surface area contributed by atoms with E-state index < -0.39 is 41.1 Å². The summed E-state index contributed by atoms with van der Waals surface area (Å²) in [7, 11) is 0.908. The summed E-state index contributed by atoms with van der Waals surface area (Å²) < 4.78 is 67.2. The Morgan fingerprint density at radius 1 is 1.44 bits per heavy atom. The maximum Gasteiger partial charge on any atom is 0.419 e. The number of carbonyl (C=O) groups is 1. The molecule has 9 heteroatoms. The number of pyridine rings is 1. The smallest absolute Gasteiger partial charge is 0.419 e. The summed E-state index contributed by atoms with van der Waals surface area (Å²) in [4.78, 5) is 13.7. The van der Waals surface area contributed by atoms with Crippen molar-refractivity contribution in [1.82, 2.24) is 4.98 Å². The number of nitrogens with zero attached hydrogens (tertiary/aromatic N) is 1. The second kappa shape index (κ2) is 4.75. The Bertz CT molecular complexity index is 472. The third-order valence-electron chi connectivity index (χ3n) is 2.00. The fraction of sp³-hybridized carbons (Fsp3) is 0.333. The fourth-order valence-electron chi connectivity index (χ4n) is 1.33. The van der Waals surface area contributed by atoms with Crippen LogP contribution in [0.1, 0.15) is 28.0 Å². The van der Waals surface area contributed by atoms with Gasteiger partial charge in [-0.3, -0.25) is 4.98 Å². The Hall–Kier alpha value is -1.93. The number of rotatable bonds is 3. The molecular weight excluding hydrogens is 265 g/mol. The van der Waals surface area contributed by atoms with E-state index in [0.717, 1.165) is 7.11 Å². The molecule has 18 heavy (non-hydrogen) atoms. The molecule has 1 rings (SSSR count). The lowest BCUT2D eigenvalue weighted by Gasteiger charge is -2.16. The van der Waals surface area contributed by atoms with Crippen molar-refractivity contribution in [2.75, 3.05) is 7.11 Å². The van der Waals surface area contributed by atoms with Gasteiger partial charge in [-0.2, -0.15) is 13.2 Å². The second-order valence-corrected chi connectivity index (χ2v) is 3.07. The zero-order valence-electron chi connectivity index (χ0n) is 8.76. The molecular formula is C9H6F5NO3. The largest absolute Gasteiger partial charge is 0.494 e. The summed E-state index contributed by atoms with van der Waals surface area (Å²) in [5, 5.41) is 8.69. The van der Waals surface area contributed by atoms with E-state index in [2.05, 4.69) is 9.72 Å². The van der Waals surface area contributed by atoms with Gasteiger partial charge in [0.05, 0.1) is 13.3 Å². The van der Waals surface area contributed by atoms with Gasteiger partial charge in [0.15, 0.2) is 5.75 Å². The number of aromatic carboxylic acids is 1. The Kier molecular flexibility index (Phi) is 3.73. The SMILES string of the molecule is COc1cnc(C(F)F)c(C(F)(F)F)c1C(=O)O. The number of hydrogen-bond donors (Lipinski definition) is 1. The van der Waals surface area contributed by atoms with Crippen LogP contribution in [0, 0.1) is 0 Å². The molecule has 1 N–H and O–H groups in total. The van der Waals surface area contributed by atoms with Crippen LogP contribution in [0.2, 0.25) is 0 Å². The number of carboxylic acid groups (broad SMARTS) is 1. The second-order valence-electron chi connectivity index (χ2n) is 3.07. The van der Waals surface area contributed by atoms with Crippen molar-refractivity contribution in [1.29, 1.82) is 0 Å². The van der Waals surface area contributed by atoms with Crippen LogP contribution in [-0.4, -0.2) is 23.2 Å². The van der Waals surface area contributed by atoms with Gasteiger partial charge in [-0.15, -0.1) is 0 Å². The highest BCUT2D eigenvalue weighted by Gasteiger charge is 2.42. The van der Waals surface area contributed by atoms with Crippen molar-refractivity contribution < 1.29 is 36.6 Å².